The summed E-state index contributed by atoms with van der Waals surface area (Å²) in [6.07, 6.45) is -0.263. The molecule has 0 aromatic heterocycles. The van der Waals surface area contributed by atoms with E-state index in [1.54, 1.807) is 36.2 Å². The van der Waals surface area contributed by atoms with Gasteiger partial charge in [-0.1, -0.05) is 44.2 Å². The van der Waals surface area contributed by atoms with Gasteiger partial charge in [-0.05, 0) is 30.2 Å². The molecule has 2 aromatic rings. The lowest BCUT2D eigenvalue weighted by atomic mass is 10.0. The zero-order chi connectivity index (χ0) is 20.1. The van der Waals surface area contributed by atoms with Crippen molar-refractivity contribution < 1.29 is 19.1 Å². The third-order valence-electron chi connectivity index (χ3n) is 4.68. The van der Waals surface area contributed by atoms with Crippen LogP contribution in [0, 0.1) is 5.92 Å². The molecule has 2 aromatic carbocycles. The maximum absolute atomic E-state index is 13.0. The Balaban J connectivity index is 1.62. The van der Waals surface area contributed by atoms with E-state index in [0.29, 0.717) is 30.2 Å². The first kappa shape index (κ1) is 19.7. The number of hydrogen-bond donors (Lipinski definition) is 1. The molecule has 2 atom stereocenters. The predicted octanol–water partition coefficient (Wildman–Crippen LogP) is 2.74. The summed E-state index contributed by atoms with van der Waals surface area (Å²) in [6, 6.07) is 15.8. The summed E-state index contributed by atoms with van der Waals surface area (Å²) in [5.74, 6) is 0.932. The van der Waals surface area contributed by atoms with Gasteiger partial charge in [-0.2, -0.15) is 0 Å². The first-order chi connectivity index (χ1) is 13.5. The minimum Gasteiger partial charge on any atom is -0.486 e. The Kier molecular flexibility index (Phi) is 6.19. The van der Waals surface area contributed by atoms with Gasteiger partial charge in [-0.25, -0.2) is 0 Å². The highest BCUT2D eigenvalue weighted by molar-refractivity contribution is 5.97. The van der Waals surface area contributed by atoms with E-state index in [-0.39, 0.29) is 23.8 Å². The average Bonchev–Trinajstić information content (AvgIpc) is 2.71. The normalized spacial score (nSPS) is 16.4. The monoisotopic (exact) mass is 382 g/mol. The molecule has 1 heterocycles. The molecule has 0 aliphatic carbocycles. The smallest absolute Gasteiger partial charge is 0.251 e. The number of rotatable bonds is 6. The Bertz CT molecular complexity index is 822. The third kappa shape index (κ3) is 4.63. The van der Waals surface area contributed by atoms with Gasteiger partial charge in [0.05, 0.1) is 6.54 Å². The molecule has 1 N–H and O–H groups in total. The number of amides is 2. The Morgan fingerprint density at radius 3 is 2.39 bits per heavy atom. The molecule has 0 spiro atoms. The number of nitrogens with one attached hydrogen (secondary N) is 1. The molecular formula is C22H26N2O4. The molecule has 6 heteroatoms. The highest BCUT2D eigenvalue weighted by Gasteiger charge is 2.30. The first-order valence-corrected chi connectivity index (χ1v) is 9.45. The van der Waals surface area contributed by atoms with E-state index in [0.717, 1.165) is 0 Å². The van der Waals surface area contributed by atoms with Crippen LogP contribution in [0.1, 0.15) is 24.2 Å². The molecule has 0 unspecified atom stereocenters. The number of nitrogens with zero attached hydrogens (tertiary/aromatic N) is 1. The molecule has 0 radical (unpaired) electrons. The van der Waals surface area contributed by atoms with Crippen molar-refractivity contribution in [1.29, 1.82) is 0 Å². The summed E-state index contributed by atoms with van der Waals surface area (Å²) in [5.41, 5.74) is 0.532. The number of fused-ring (bicyclic) bond motifs is 1. The van der Waals surface area contributed by atoms with Crippen molar-refractivity contribution in [3.05, 3.63) is 60.2 Å². The second kappa shape index (κ2) is 8.78. The molecule has 1 aliphatic heterocycles. The Labute approximate surface area is 165 Å². The first-order valence-electron chi connectivity index (χ1n) is 9.45. The Morgan fingerprint density at radius 1 is 1.07 bits per heavy atom. The fraction of sp³-hybridized carbons (Fsp3) is 0.364. The minimum atomic E-state index is -0.616. The average molecular weight is 382 g/mol. The largest absolute Gasteiger partial charge is 0.486 e. The highest BCUT2D eigenvalue weighted by Crippen LogP contribution is 2.31. The molecule has 6 nitrogen and oxygen atoms in total. The van der Waals surface area contributed by atoms with E-state index in [1.807, 2.05) is 44.2 Å². The number of para-hydroxylation sites is 2. The number of benzene rings is 2. The van der Waals surface area contributed by atoms with Crippen LogP contribution in [0.25, 0.3) is 0 Å². The predicted molar refractivity (Wildman–Crippen MR) is 107 cm³/mol. The summed E-state index contributed by atoms with van der Waals surface area (Å²) in [4.78, 5) is 27.1. The summed E-state index contributed by atoms with van der Waals surface area (Å²) in [7, 11) is 1.72. The van der Waals surface area contributed by atoms with Crippen molar-refractivity contribution in [3.8, 4) is 11.5 Å². The molecular weight excluding hydrogens is 356 g/mol. The zero-order valence-electron chi connectivity index (χ0n) is 16.4. The molecule has 0 saturated carbocycles. The van der Waals surface area contributed by atoms with Crippen LogP contribution in [0.15, 0.2) is 54.6 Å². The minimum absolute atomic E-state index is 0.0492. The van der Waals surface area contributed by atoms with Gasteiger partial charge < -0.3 is 19.7 Å². The SMILES string of the molecule is CC(C)[C@H](NC(=O)c1ccccc1)C(=O)N(C)C[C@H]1COc2ccccc2O1. The quantitative estimate of drug-likeness (QED) is 0.834. The van der Waals surface area contributed by atoms with Crippen molar-refractivity contribution >= 4 is 11.8 Å². The van der Waals surface area contributed by atoms with Crippen molar-refractivity contribution in [2.75, 3.05) is 20.2 Å². The van der Waals surface area contributed by atoms with Crippen LogP contribution >= 0.6 is 0 Å². The van der Waals surface area contributed by atoms with Gasteiger partial charge in [0.1, 0.15) is 12.6 Å². The van der Waals surface area contributed by atoms with Crippen LogP contribution < -0.4 is 14.8 Å². The molecule has 28 heavy (non-hydrogen) atoms. The number of hydrogen-bond acceptors (Lipinski definition) is 4. The summed E-state index contributed by atoms with van der Waals surface area (Å²) in [6.45, 7) is 4.57. The van der Waals surface area contributed by atoms with Crippen molar-refractivity contribution in [2.24, 2.45) is 5.92 Å². The Morgan fingerprint density at radius 2 is 1.71 bits per heavy atom. The van der Waals surface area contributed by atoms with Gasteiger partial charge >= 0.3 is 0 Å². The van der Waals surface area contributed by atoms with E-state index in [2.05, 4.69) is 5.32 Å². The summed E-state index contributed by atoms with van der Waals surface area (Å²) < 4.78 is 11.7. The fourth-order valence-corrected chi connectivity index (χ4v) is 3.11. The zero-order valence-corrected chi connectivity index (χ0v) is 16.4. The van der Waals surface area contributed by atoms with Gasteiger partial charge in [0.2, 0.25) is 5.91 Å². The van der Waals surface area contributed by atoms with E-state index in [4.69, 9.17) is 9.47 Å². The van der Waals surface area contributed by atoms with E-state index < -0.39 is 6.04 Å². The molecule has 0 fully saturated rings. The van der Waals surface area contributed by atoms with Gasteiger partial charge in [-0.3, -0.25) is 9.59 Å². The lowest BCUT2D eigenvalue weighted by Crippen LogP contribution is -2.52. The lowest BCUT2D eigenvalue weighted by Gasteiger charge is -2.32. The van der Waals surface area contributed by atoms with E-state index in [1.165, 1.54) is 0 Å². The maximum atomic E-state index is 13.0. The van der Waals surface area contributed by atoms with Crippen LogP contribution in [0.5, 0.6) is 11.5 Å². The van der Waals surface area contributed by atoms with Crippen molar-refractivity contribution in [3.63, 3.8) is 0 Å². The van der Waals surface area contributed by atoms with Crippen LogP contribution in [0.4, 0.5) is 0 Å². The fourth-order valence-electron chi connectivity index (χ4n) is 3.11. The number of ether oxygens (including phenoxy) is 2. The highest BCUT2D eigenvalue weighted by atomic mass is 16.6. The van der Waals surface area contributed by atoms with Crippen LogP contribution in [-0.4, -0.2) is 49.1 Å². The standard InChI is InChI=1S/C22H26N2O4/c1-15(2)20(23-21(25)16-9-5-4-6-10-16)22(26)24(3)13-17-14-27-18-11-7-8-12-19(18)28-17/h4-12,15,17,20H,13-14H2,1-3H3,(H,23,25)/t17-,20-/m0/s1. The molecule has 1 aliphatic rings. The van der Waals surface area contributed by atoms with Gasteiger partial charge in [0.25, 0.3) is 5.91 Å². The molecule has 0 bridgehead atoms. The van der Waals surface area contributed by atoms with Crippen LogP contribution in [0.2, 0.25) is 0 Å². The molecule has 3 rings (SSSR count). The van der Waals surface area contributed by atoms with E-state index in [9.17, 15) is 9.59 Å². The summed E-state index contributed by atoms with van der Waals surface area (Å²) in [5, 5.41) is 2.86. The third-order valence-corrected chi connectivity index (χ3v) is 4.68. The van der Waals surface area contributed by atoms with Crippen molar-refractivity contribution in [2.45, 2.75) is 26.0 Å². The molecule has 0 saturated heterocycles. The molecule has 2 amide bonds. The summed E-state index contributed by atoms with van der Waals surface area (Å²) >= 11 is 0. The number of carbonyl (C=O) groups excluding carboxylic acids is 2. The van der Waals surface area contributed by atoms with Crippen LogP contribution in [-0.2, 0) is 4.79 Å². The van der Waals surface area contributed by atoms with Crippen LogP contribution in [0.3, 0.4) is 0 Å². The van der Waals surface area contributed by atoms with Gasteiger partial charge in [-0.15, -0.1) is 0 Å². The lowest BCUT2D eigenvalue weighted by molar-refractivity contribution is -0.134. The van der Waals surface area contributed by atoms with Gasteiger partial charge in [0, 0.05) is 12.6 Å². The van der Waals surface area contributed by atoms with Gasteiger partial charge in [0.15, 0.2) is 17.6 Å². The van der Waals surface area contributed by atoms with E-state index >= 15 is 0 Å². The van der Waals surface area contributed by atoms with Crippen molar-refractivity contribution in [1.82, 2.24) is 10.2 Å². The maximum Gasteiger partial charge on any atom is 0.251 e. The topological polar surface area (TPSA) is 67.9 Å². The number of carbonyl (C=O) groups is 2. The number of likely N-dealkylation sites (N-methyl/N-ethyl adjacent to an activating group) is 1. The second-order valence-electron chi connectivity index (χ2n) is 7.28. The Hall–Kier alpha value is -3.02. The molecule has 148 valence electrons. The second-order valence-corrected chi connectivity index (χ2v) is 7.28.